The summed E-state index contributed by atoms with van der Waals surface area (Å²) in [5.74, 6) is 0.522. The first-order valence-electron chi connectivity index (χ1n) is 5.94. The van der Waals surface area contributed by atoms with Crippen LogP contribution in [0.4, 0.5) is 5.69 Å². The highest BCUT2D eigenvalue weighted by Crippen LogP contribution is 2.31. The fourth-order valence-electron chi connectivity index (χ4n) is 1.70. The van der Waals surface area contributed by atoms with E-state index in [2.05, 4.69) is 6.58 Å². The third kappa shape index (κ3) is 3.71. The summed E-state index contributed by atoms with van der Waals surface area (Å²) in [5, 5.41) is 0. The molecule has 1 aromatic rings. The van der Waals surface area contributed by atoms with Gasteiger partial charge in [0.05, 0.1) is 31.2 Å². The molecule has 0 amide bonds. The summed E-state index contributed by atoms with van der Waals surface area (Å²) in [5.41, 5.74) is 0.530. The van der Waals surface area contributed by atoms with Gasteiger partial charge in [-0.05, 0) is 12.1 Å². The van der Waals surface area contributed by atoms with Crippen LogP contribution in [0.15, 0.2) is 36.9 Å². The first-order chi connectivity index (χ1) is 9.02. The maximum absolute atomic E-state index is 11.9. The maximum Gasteiger partial charge on any atom is 0.232 e. The van der Waals surface area contributed by atoms with Crippen LogP contribution in [-0.4, -0.2) is 40.5 Å². The zero-order valence-electron chi connectivity index (χ0n) is 10.8. The SMILES string of the molecule is C=CCOc1ccccc1N(CC1CO1)S(C)(=O)=O. The normalized spacial score (nSPS) is 17.8. The van der Waals surface area contributed by atoms with Gasteiger partial charge in [-0.2, -0.15) is 0 Å². The Kier molecular flexibility index (Phi) is 4.11. The first-order valence-corrected chi connectivity index (χ1v) is 7.79. The number of sulfonamides is 1. The van der Waals surface area contributed by atoms with Crippen molar-refractivity contribution in [2.75, 3.05) is 30.3 Å². The Bertz CT molecular complexity index is 552. The van der Waals surface area contributed by atoms with Crippen LogP contribution in [0.3, 0.4) is 0 Å². The summed E-state index contributed by atoms with van der Waals surface area (Å²) in [4.78, 5) is 0. The molecule has 2 rings (SSSR count). The molecule has 0 saturated carbocycles. The molecule has 0 radical (unpaired) electrons. The monoisotopic (exact) mass is 283 g/mol. The summed E-state index contributed by atoms with van der Waals surface area (Å²) in [6.07, 6.45) is 2.77. The van der Waals surface area contributed by atoms with E-state index in [1.165, 1.54) is 10.6 Å². The molecule has 1 aliphatic rings. The summed E-state index contributed by atoms with van der Waals surface area (Å²) < 4.78 is 35.8. The van der Waals surface area contributed by atoms with Gasteiger partial charge >= 0.3 is 0 Å². The third-order valence-corrected chi connectivity index (χ3v) is 3.81. The van der Waals surface area contributed by atoms with Gasteiger partial charge in [-0.25, -0.2) is 8.42 Å². The first kappa shape index (κ1) is 13.9. The lowest BCUT2D eigenvalue weighted by atomic mass is 10.3. The molecule has 1 heterocycles. The Labute approximate surface area is 113 Å². The lowest BCUT2D eigenvalue weighted by Crippen LogP contribution is -2.33. The molecule has 0 spiro atoms. The average Bonchev–Trinajstić information content (AvgIpc) is 3.16. The van der Waals surface area contributed by atoms with Crippen LogP contribution >= 0.6 is 0 Å². The molecule has 0 aliphatic carbocycles. The van der Waals surface area contributed by atoms with Crippen molar-refractivity contribution in [1.29, 1.82) is 0 Å². The smallest absolute Gasteiger partial charge is 0.232 e. The second-order valence-electron chi connectivity index (χ2n) is 4.32. The number of hydrogen-bond acceptors (Lipinski definition) is 4. The quantitative estimate of drug-likeness (QED) is 0.561. The molecule has 6 heteroatoms. The van der Waals surface area contributed by atoms with E-state index < -0.39 is 10.0 Å². The summed E-state index contributed by atoms with van der Waals surface area (Å²) in [6, 6.07) is 7.05. The molecule has 19 heavy (non-hydrogen) atoms. The van der Waals surface area contributed by atoms with Gasteiger partial charge in [-0.1, -0.05) is 24.8 Å². The minimum atomic E-state index is -3.37. The lowest BCUT2D eigenvalue weighted by Gasteiger charge is -2.23. The highest BCUT2D eigenvalue weighted by Gasteiger charge is 2.31. The van der Waals surface area contributed by atoms with Gasteiger partial charge < -0.3 is 9.47 Å². The van der Waals surface area contributed by atoms with Crippen LogP contribution in [-0.2, 0) is 14.8 Å². The van der Waals surface area contributed by atoms with Crippen molar-refractivity contribution >= 4 is 15.7 Å². The Morgan fingerprint density at radius 3 is 2.79 bits per heavy atom. The number of para-hydroxylation sites is 2. The van der Waals surface area contributed by atoms with Crippen molar-refractivity contribution in [2.45, 2.75) is 6.10 Å². The molecule has 104 valence electrons. The van der Waals surface area contributed by atoms with Gasteiger partial charge in [0, 0.05) is 0 Å². The fraction of sp³-hybridized carbons (Fsp3) is 0.385. The topological polar surface area (TPSA) is 59.1 Å². The van der Waals surface area contributed by atoms with Gasteiger partial charge in [0.1, 0.15) is 12.4 Å². The number of ether oxygens (including phenoxy) is 2. The van der Waals surface area contributed by atoms with Crippen LogP contribution < -0.4 is 9.04 Å². The van der Waals surface area contributed by atoms with E-state index in [0.717, 1.165) is 0 Å². The number of benzene rings is 1. The predicted molar refractivity (Wildman–Crippen MR) is 74.1 cm³/mol. The Morgan fingerprint density at radius 2 is 2.21 bits per heavy atom. The molecule has 0 aromatic heterocycles. The van der Waals surface area contributed by atoms with Gasteiger partial charge in [-0.3, -0.25) is 4.31 Å². The molecule has 1 unspecified atom stereocenters. The van der Waals surface area contributed by atoms with Crippen molar-refractivity contribution < 1.29 is 17.9 Å². The number of nitrogens with zero attached hydrogens (tertiary/aromatic N) is 1. The van der Waals surface area contributed by atoms with Crippen LogP contribution in [0.25, 0.3) is 0 Å². The van der Waals surface area contributed by atoms with E-state index in [0.29, 0.717) is 31.2 Å². The van der Waals surface area contributed by atoms with E-state index in [1.54, 1.807) is 30.3 Å². The second-order valence-corrected chi connectivity index (χ2v) is 6.22. The average molecular weight is 283 g/mol. The summed E-state index contributed by atoms with van der Waals surface area (Å²) in [6.45, 7) is 4.82. The van der Waals surface area contributed by atoms with Crippen LogP contribution in [0.5, 0.6) is 5.75 Å². The third-order valence-electron chi connectivity index (χ3n) is 2.66. The molecule has 1 fully saturated rings. The van der Waals surface area contributed by atoms with Gasteiger partial charge in [0.15, 0.2) is 0 Å². The molecule has 0 N–H and O–H groups in total. The van der Waals surface area contributed by atoms with Gasteiger partial charge in [0.25, 0.3) is 0 Å². The minimum Gasteiger partial charge on any atom is -0.487 e. The molecule has 1 aliphatic heterocycles. The predicted octanol–water partition coefficient (Wildman–Crippen LogP) is 1.42. The number of hydrogen-bond donors (Lipinski definition) is 0. The highest BCUT2D eigenvalue weighted by atomic mass is 32.2. The van der Waals surface area contributed by atoms with E-state index >= 15 is 0 Å². The van der Waals surface area contributed by atoms with E-state index in [1.807, 2.05) is 0 Å². The molecule has 1 saturated heterocycles. The molecule has 1 atom stereocenters. The zero-order valence-corrected chi connectivity index (χ0v) is 11.6. The molecular weight excluding hydrogens is 266 g/mol. The maximum atomic E-state index is 11.9. The number of anilines is 1. The highest BCUT2D eigenvalue weighted by molar-refractivity contribution is 7.92. The molecule has 1 aromatic carbocycles. The minimum absolute atomic E-state index is 0.0258. The van der Waals surface area contributed by atoms with E-state index in [-0.39, 0.29) is 6.10 Å². The lowest BCUT2D eigenvalue weighted by molar-refractivity contribution is 0.363. The summed E-state index contributed by atoms with van der Waals surface area (Å²) in [7, 11) is -3.37. The van der Waals surface area contributed by atoms with E-state index in [9.17, 15) is 8.42 Å². The van der Waals surface area contributed by atoms with Gasteiger partial charge in [-0.15, -0.1) is 0 Å². The zero-order chi connectivity index (χ0) is 13.9. The standard InChI is InChI=1S/C13H17NO4S/c1-3-8-17-13-7-5-4-6-12(13)14(19(2,15)16)9-11-10-18-11/h3-7,11H,1,8-10H2,2H3. The molecule has 0 bridgehead atoms. The Hall–Kier alpha value is -1.53. The van der Waals surface area contributed by atoms with Crippen molar-refractivity contribution in [3.05, 3.63) is 36.9 Å². The van der Waals surface area contributed by atoms with Crippen molar-refractivity contribution in [2.24, 2.45) is 0 Å². The Morgan fingerprint density at radius 1 is 1.53 bits per heavy atom. The molecule has 5 nitrogen and oxygen atoms in total. The van der Waals surface area contributed by atoms with Crippen molar-refractivity contribution in [1.82, 2.24) is 0 Å². The fourth-order valence-corrected chi connectivity index (χ4v) is 2.65. The van der Waals surface area contributed by atoms with E-state index in [4.69, 9.17) is 9.47 Å². The van der Waals surface area contributed by atoms with Gasteiger partial charge in [0.2, 0.25) is 10.0 Å². The van der Waals surface area contributed by atoms with Crippen molar-refractivity contribution in [3.63, 3.8) is 0 Å². The van der Waals surface area contributed by atoms with Crippen LogP contribution in [0.2, 0.25) is 0 Å². The molecular formula is C13H17NO4S. The van der Waals surface area contributed by atoms with Crippen LogP contribution in [0.1, 0.15) is 0 Å². The Balaban J connectivity index is 2.31. The summed E-state index contributed by atoms with van der Waals surface area (Å²) >= 11 is 0. The van der Waals surface area contributed by atoms with Crippen LogP contribution in [0, 0.1) is 0 Å². The number of rotatable bonds is 7. The number of epoxide rings is 1. The largest absolute Gasteiger partial charge is 0.487 e. The second kappa shape index (κ2) is 5.63. The van der Waals surface area contributed by atoms with Crippen molar-refractivity contribution in [3.8, 4) is 5.75 Å².